The molecule has 0 aliphatic carbocycles. The van der Waals surface area contributed by atoms with Crippen LogP contribution in [0.4, 0.5) is 4.39 Å². The molecule has 110 valence electrons. The molecular weight excluding hydrogens is 259 g/mol. The van der Waals surface area contributed by atoms with E-state index in [1.165, 1.54) is 13.2 Å². The third kappa shape index (κ3) is 3.28. The molecule has 0 aromatic heterocycles. The first-order valence-corrected chi connectivity index (χ1v) is 6.97. The standard InChI is InChI=1S/C15H21FN2O2/c1-10(14-12(16)4-3-5-13(14)20-2)18-15(19)11-6-8-17-9-7-11/h3-5,10-11,17H,6-9H2,1-2H3,(H,18,19). The summed E-state index contributed by atoms with van der Waals surface area (Å²) in [6, 6.07) is 4.27. The molecule has 0 spiro atoms. The van der Waals surface area contributed by atoms with Gasteiger partial charge >= 0.3 is 0 Å². The van der Waals surface area contributed by atoms with Gasteiger partial charge in [-0.15, -0.1) is 0 Å². The Labute approximate surface area is 118 Å². The van der Waals surface area contributed by atoms with Gasteiger partial charge < -0.3 is 15.4 Å². The Morgan fingerprint density at radius 2 is 2.15 bits per heavy atom. The monoisotopic (exact) mass is 280 g/mol. The average Bonchev–Trinajstić information content (AvgIpc) is 2.47. The van der Waals surface area contributed by atoms with Gasteiger partial charge in [0.05, 0.1) is 18.7 Å². The molecule has 1 atom stereocenters. The Morgan fingerprint density at radius 3 is 2.80 bits per heavy atom. The van der Waals surface area contributed by atoms with Crippen LogP contribution in [0.3, 0.4) is 0 Å². The first kappa shape index (κ1) is 14.8. The van der Waals surface area contributed by atoms with Crippen LogP contribution in [0.2, 0.25) is 0 Å². The van der Waals surface area contributed by atoms with Gasteiger partial charge in [0.25, 0.3) is 0 Å². The second-order valence-corrected chi connectivity index (χ2v) is 5.11. The first-order chi connectivity index (χ1) is 9.63. The van der Waals surface area contributed by atoms with Crippen LogP contribution in [0.5, 0.6) is 5.75 Å². The van der Waals surface area contributed by atoms with Gasteiger partial charge in [0, 0.05) is 5.92 Å². The predicted molar refractivity (Wildman–Crippen MR) is 75.1 cm³/mol. The van der Waals surface area contributed by atoms with E-state index in [2.05, 4.69) is 10.6 Å². The minimum atomic E-state index is -0.409. The maximum Gasteiger partial charge on any atom is 0.223 e. The van der Waals surface area contributed by atoms with Crippen LogP contribution in [-0.2, 0) is 4.79 Å². The van der Waals surface area contributed by atoms with E-state index < -0.39 is 6.04 Å². The Balaban J connectivity index is 2.07. The van der Waals surface area contributed by atoms with Crippen molar-refractivity contribution >= 4 is 5.91 Å². The molecule has 1 heterocycles. The third-order valence-corrected chi connectivity index (χ3v) is 3.73. The quantitative estimate of drug-likeness (QED) is 0.887. The van der Waals surface area contributed by atoms with E-state index in [1.807, 2.05) is 0 Å². The molecule has 0 saturated carbocycles. The van der Waals surface area contributed by atoms with Gasteiger partial charge in [-0.05, 0) is 45.0 Å². The molecule has 5 heteroatoms. The summed E-state index contributed by atoms with van der Waals surface area (Å²) in [5, 5.41) is 6.12. The molecule has 1 aromatic carbocycles. The molecular formula is C15H21FN2O2. The number of amides is 1. The van der Waals surface area contributed by atoms with Crippen molar-refractivity contribution in [2.75, 3.05) is 20.2 Å². The lowest BCUT2D eigenvalue weighted by Gasteiger charge is -2.24. The number of hydrogen-bond acceptors (Lipinski definition) is 3. The maximum atomic E-state index is 13.9. The molecule has 0 radical (unpaired) electrons. The van der Waals surface area contributed by atoms with Crippen molar-refractivity contribution in [3.05, 3.63) is 29.6 Å². The van der Waals surface area contributed by atoms with Crippen molar-refractivity contribution < 1.29 is 13.9 Å². The number of benzene rings is 1. The van der Waals surface area contributed by atoms with Crippen molar-refractivity contribution in [2.45, 2.75) is 25.8 Å². The van der Waals surface area contributed by atoms with E-state index >= 15 is 0 Å². The lowest BCUT2D eigenvalue weighted by molar-refractivity contribution is -0.126. The number of methoxy groups -OCH3 is 1. The lowest BCUT2D eigenvalue weighted by atomic mass is 9.96. The van der Waals surface area contributed by atoms with Crippen molar-refractivity contribution in [1.29, 1.82) is 0 Å². The zero-order valence-electron chi connectivity index (χ0n) is 11.9. The number of rotatable bonds is 4. The van der Waals surface area contributed by atoms with Crippen molar-refractivity contribution in [3.63, 3.8) is 0 Å². The second kappa shape index (κ2) is 6.70. The second-order valence-electron chi connectivity index (χ2n) is 5.11. The molecule has 1 saturated heterocycles. The molecule has 0 bridgehead atoms. The summed E-state index contributed by atoms with van der Waals surface area (Å²) >= 11 is 0. The van der Waals surface area contributed by atoms with Crippen LogP contribution in [0.15, 0.2) is 18.2 Å². The van der Waals surface area contributed by atoms with E-state index in [1.54, 1.807) is 19.1 Å². The molecule has 1 aromatic rings. The van der Waals surface area contributed by atoms with Crippen LogP contribution in [0.1, 0.15) is 31.4 Å². The lowest BCUT2D eigenvalue weighted by Crippen LogP contribution is -2.39. The summed E-state index contributed by atoms with van der Waals surface area (Å²) in [4.78, 5) is 12.2. The summed E-state index contributed by atoms with van der Waals surface area (Å²) in [5.41, 5.74) is 0.400. The fourth-order valence-corrected chi connectivity index (χ4v) is 2.60. The molecule has 4 nitrogen and oxygen atoms in total. The van der Waals surface area contributed by atoms with Gasteiger partial charge in [-0.2, -0.15) is 0 Å². The maximum absolute atomic E-state index is 13.9. The molecule has 2 rings (SSSR count). The molecule has 2 N–H and O–H groups in total. The van der Waals surface area contributed by atoms with Crippen LogP contribution in [0, 0.1) is 11.7 Å². The smallest absolute Gasteiger partial charge is 0.223 e. The Hall–Kier alpha value is -1.62. The first-order valence-electron chi connectivity index (χ1n) is 6.97. The fraction of sp³-hybridized carbons (Fsp3) is 0.533. The molecule has 1 aliphatic heterocycles. The molecule has 1 amide bonds. The summed E-state index contributed by atoms with van der Waals surface area (Å²) in [5.74, 6) is 0.103. The molecule has 1 unspecified atom stereocenters. The SMILES string of the molecule is COc1cccc(F)c1C(C)NC(=O)C1CCNCC1. The Kier molecular flexibility index (Phi) is 4.95. The number of halogens is 1. The van der Waals surface area contributed by atoms with E-state index in [0.717, 1.165) is 25.9 Å². The van der Waals surface area contributed by atoms with Gasteiger partial charge in [-0.1, -0.05) is 6.07 Å². The zero-order chi connectivity index (χ0) is 14.5. The summed E-state index contributed by atoms with van der Waals surface area (Å²) < 4.78 is 19.1. The van der Waals surface area contributed by atoms with Gasteiger partial charge in [-0.25, -0.2) is 4.39 Å². The number of nitrogens with one attached hydrogen (secondary N) is 2. The Morgan fingerprint density at radius 1 is 1.45 bits per heavy atom. The highest BCUT2D eigenvalue weighted by molar-refractivity contribution is 5.79. The number of carbonyl (C=O) groups is 1. The van der Waals surface area contributed by atoms with Gasteiger partial charge in [0.15, 0.2) is 0 Å². The normalized spacial score (nSPS) is 17.6. The Bertz CT molecular complexity index is 473. The highest BCUT2D eigenvalue weighted by Gasteiger charge is 2.24. The van der Waals surface area contributed by atoms with Gasteiger partial charge in [-0.3, -0.25) is 4.79 Å². The van der Waals surface area contributed by atoms with Crippen LogP contribution >= 0.6 is 0 Å². The van der Waals surface area contributed by atoms with Crippen molar-refractivity contribution in [3.8, 4) is 5.75 Å². The van der Waals surface area contributed by atoms with Crippen LogP contribution < -0.4 is 15.4 Å². The van der Waals surface area contributed by atoms with E-state index in [9.17, 15) is 9.18 Å². The molecule has 1 fully saturated rings. The average molecular weight is 280 g/mol. The fourth-order valence-electron chi connectivity index (χ4n) is 2.60. The summed E-state index contributed by atoms with van der Waals surface area (Å²) in [6.45, 7) is 3.49. The molecule has 20 heavy (non-hydrogen) atoms. The third-order valence-electron chi connectivity index (χ3n) is 3.73. The largest absolute Gasteiger partial charge is 0.496 e. The van der Waals surface area contributed by atoms with Gasteiger partial charge in [0.2, 0.25) is 5.91 Å². The zero-order valence-corrected chi connectivity index (χ0v) is 11.9. The predicted octanol–water partition coefficient (Wildman–Crippen LogP) is 2.01. The van der Waals surface area contributed by atoms with Gasteiger partial charge in [0.1, 0.15) is 11.6 Å². The number of hydrogen-bond donors (Lipinski definition) is 2. The highest BCUT2D eigenvalue weighted by Crippen LogP contribution is 2.28. The summed E-state index contributed by atoms with van der Waals surface area (Å²) in [6.07, 6.45) is 1.65. The number of carbonyl (C=O) groups excluding carboxylic acids is 1. The summed E-state index contributed by atoms with van der Waals surface area (Å²) in [7, 11) is 1.50. The topological polar surface area (TPSA) is 50.4 Å². The van der Waals surface area contributed by atoms with Crippen molar-refractivity contribution in [1.82, 2.24) is 10.6 Å². The van der Waals surface area contributed by atoms with E-state index in [4.69, 9.17) is 4.74 Å². The number of piperidine rings is 1. The minimum Gasteiger partial charge on any atom is -0.496 e. The molecule has 1 aliphatic rings. The van der Waals surface area contributed by atoms with Crippen LogP contribution in [0.25, 0.3) is 0 Å². The minimum absolute atomic E-state index is 0.00990. The van der Waals surface area contributed by atoms with E-state index in [-0.39, 0.29) is 17.6 Å². The van der Waals surface area contributed by atoms with Crippen molar-refractivity contribution in [2.24, 2.45) is 5.92 Å². The van der Waals surface area contributed by atoms with E-state index in [0.29, 0.717) is 11.3 Å². The number of ether oxygens (including phenoxy) is 1. The highest BCUT2D eigenvalue weighted by atomic mass is 19.1. The van der Waals surface area contributed by atoms with Crippen LogP contribution in [-0.4, -0.2) is 26.1 Å².